The minimum Gasteiger partial charge on any atom is -0.396 e. The lowest BCUT2D eigenvalue weighted by Gasteiger charge is -2.35. The first-order valence-corrected chi connectivity index (χ1v) is 6.79. The predicted molar refractivity (Wildman–Crippen MR) is 79.2 cm³/mol. The summed E-state index contributed by atoms with van der Waals surface area (Å²) in [7, 11) is 2.04. The molecule has 0 saturated carbocycles. The molecule has 1 rings (SSSR count). The van der Waals surface area contributed by atoms with Crippen molar-refractivity contribution in [3.8, 4) is 0 Å². The van der Waals surface area contributed by atoms with Crippen LogP contribution in [0, 0.1) is 5.41 Å². The molecule has 0 aliphatic heterocycles. The Labute approximate surface area is 116 Å². The van der Waals surface area contributed by atoms with E-state index in [2.05, 4.69) is 43.0 Å². The molecule has 0 spiro atoms. The highest BCUT2D eigenvalue weighted by molar-refractivity contribution is 5.23. The van der Waals surface area contributed by atoms with E-state index in [1.54, 1.807) is 0 Å². The zero-order chi connectivity index (χ0) is 14.5. The summed E-state index contributed by atoms with van der Waals surface area (Å²) in [6, 6.07) is 10.4. The molecule has 1 aromatic carbocycles. The number of aliphatic hydroxyl groups excluding tert-OH is 2. The van der Waals surface area contributed by atoms with E-state index in [1.807, 2.05) is 20.0 Å². The molecule has 0 bridgehead atoms. The molecule has 2 N–H and O–H groups in total. The third-order valence-corrected chi connectivity index (χ3v) is 3.64. The molecule has 0 atom stereocenters. The molecule has 3 nitrogen and oxygen atoms in total. The van der Waals surface area contributed by atoms with Crippen molar-refractivity contribution < 1.29 is 10.2 Å². The maximum absolute atomic E-state index is 9.36. The molecule has 0 unspecified atom stereocenters. The molecule has 3 heteroatoms. The first-order valence-electron chi connectivity index (χ1n) is 6.79. The van der Waals surface area contributed by atoms with E-state index < -0.39 is 5.41 Å². The van der Waals surface area contributed by atoms with Gasteiger partial charge in [0.15, 0.2) is 0 Å². The Morgan fingerprint density at radius 3 is 1.95 bits per heavy atom. The summed E-state index contributed by atoms with van der Waals surface area (Å²) in [5.74, 6) is 0. The molecule has 0 aromatic heterocycles. The molecule has 1 aromatic rings. The van der Waals surface area contributed by atoms with Crippen molar-refractivity contribution in [2.24, 2.45) is 5.41 Å². The number of likely N-dealkylation sites (N-methyl/N-ethyl adjacent to an activating group) is 1. The Morgan fingerprint density at radius 1 is 0.947 bits per heavy atom. The molecule has 0 aliphatic rings. The lowest BCUT2D eigenvalue weighted by molar-refractivity contribution is 0.0377. The van der Waals surface area contributed by atoms with Crippen molar-refractivity contribution in [1.82, 2.24) is 4.90 Å². The number of hydrogen-bond donors (Lipinski definition) is 2. The smallest absolute Gasteiger partial charge is 0.0519 e. The number of hydrogen-bond acceptors (Lipinski definition) is 3. The molecule has 0 radical (unpaired) electrons. The minimum atomic E-state index is -0.443. The van der Waals surface area contributed by atoms with E-state index in [9.17, 15) is 10.2 Å². The topological polar surface area (TPSA) is 43.7 Å². The monoisotopic (exact) mass is 265 g/mol. The lowest BCUT2D eigenvalue weighted by atomic mass is 9.83. The maximum atomic E-state index is 9.36. The third-order valence-electron chi connectivity index (χ3n) is 3.64. The van der Waals surface area contributed by atoms with Crippen molar-refractivity contribution in [3.63, 3.8) is 0 Å². The normalized spacial score (nSPS) is 13.0. The summed E-state index contributed by atoms with van der Waals surface area (Å²) >= 11 is 0. The highest BCUT2D eigenvalue weighted by atomic mass is 16.3. The van der Waals surface area contributed by atoms with Gasteiger partial charge in [-0.15, -0.1) is 0 Å². The van der Waals surface area contributed by atoms with Gasteiger partial charge < -0.3 is 15.1 Å². The summed E-state index contributed by atoms with van der Waals surface area (Å²) in [6.07, 6.45) is 0. The molecule has 0 fully saturated rings. The fraction of sp³-hybridized carbons (Fsp3) is 0.625. The van der Waals surface area contributed by atoms with E-state index in [4.69, 9.17) is 0 Å². The van der Waals surface area contributed by atoms with Gasteiger partial charge in [-0.2, -0.15) is 0 Å². The first-order chi connectivity index (χ1) is 8.83. The molecule has 19 heavy (non-hydrogen) atoms. The van der Waals surface area contributed by atoms with Crippen LogP contribution in [0.4, 0.5) is 0 Å². The highest BCUT2D eigenvalue weighted by Crippen LogP contribution is 2.25. The van der Waals surface area contributed by atoms with E-state index in [-0.39, 0.29) is 18.6 Å². The lowest BCUT2D eigenvalue weighted by Crippen LogP contribution is -2.43. The number of rotatable bonds is 7. The molecular weight excluding hydrogens is 238 g/mol. The average Bonchev–Trinajstić information content (AvgIpc) is 2.39. The largest absolute Gasteiger partial charge is 0.396 e. The molecule has 0 aliphatic carbocycles. The van der Waals surface area contributed by atoms with E-state index in [0.29, 0.717) is 6.54 Å². The van der Waals surface area contributed by atoms with Crippen LogP contribution in [0.2, 0.25) is 0 Å². The molecule has 0 saturated heterocycles. The quantitative estimate of drug-likeness (QED) is 0.791. The van der Waals surface area contributed by atoms with Crippen molar-refractivity contribution >= 4 is 0 Å². The summed E-state index contributed by atoms with van der Waals surface area (Å²) < 4.78 is 0. The SMILES string of the molecule is CN(CC(C)(CO)CO)CC(C)(C)c1ccccc1. The van der Waals surface area contributed by atoms with Crippen LogP contribution in [-0.2, 0) is 5.41 Å². The molecule has 0 heterocycles. The zero-order valence-corrected chi connectivity index (χ0v) is 12.6. The highest BCUT2D eigenvalue weighted by Gasteiger charge is 2.28. The van der Waals surface area contributed by atoms with Crippen LogP contribution in [0.15, 0.2) is 30.3 Å². The van der Waals surface area contributed by atoms with E-state index in [1.165, 1.54) is 5.56 Å². The van der Waals surface area contributed by atoms with Gasteiger partial charge in [-0.05, 0) is 12.6 Å². The second-order valence-electron chi connectivity index (χ2n) is 6.55. The van der Waals surface area contributed by atoms with Crippen LogP contribution in [0.3, 0.4) is 0 Å². The van der Waals surface area contributed by atoms with Crippen LogP contribution in [0.5, 0.6) is 0 Å². The average molecular weight is 265 g/mol. The second-order valence-corrected chi connectivity index (χ2v) is 6.55. The molecule has 0 amide bonds. The summed E-state index contributed by atoms with van der Waals surface area (Å²) in [6.45, 7) is 7.89. The second kappa shape index (κ2) is 6.51. The predicted octanol–water partition coefficient (Wildman–Crippen LogP) is 1.89. The van der Waals surface area contributed by atoms with Crippen LogP contribution in [0.25, 0.3) is 0 Å². The van der Waals surface area contributed by atoms with Gasteiger partial charge in [0, 0.05) is 23.9 Å². The van der Waals surface area contributed by atoms with Gasteiger partial charge in [0.25, 0.3) is 0 Å². The van der Waals surface area contributed by atoms with Gasteiger partial charge in [0.05, 0.1) is 13.2 Å². The number of nitrogens with zero attached hydrogens (tertiary/aromatic N) is 1. The Morgan fingerprint density at radius 2 is 1.47 bits per heavy atom. The van der Waals surface area contributed by atoms with Crippen LogP contribution >= 0.6 is 0 Å². The van der Waals surface area contributed by atoms with Gasteiger partial charge in [-0.1, -0.05) is 51.1 Å². The first kappa shape index (κ1) is 16.2. The maximum Gasteiger partial charge on any atom is 0.0519 e. The Balaban J connectivity index is 2.68. The van der Waals surface area contributed by atoms with Gasteiger partial charge in [0.1, 0.15) is 0 Å². The molecular formula is C16H27NO2. The van der Waals surface area contributed by atoms with E-state index in [0.717, 1.165) is 6.54 Å². The Bertz CT molecular complexity index is 372. The fourth-order valence-corrected chi connectivity index (χ4v) is 2.51. The zero-order valence-electron chi connectivity index (χ0n) is 12.6. The summed E-state index contributed by atoms with van der Waals surface area (Å²) in [5, 5.41) is 18.7. The van der Waals surface area contributed by atoms with Gasteiger partial charge >= 0.3 is 0 Å². The van der Waals surface area contributed by atoms with Crippen molar-refractivity contribution in [2.75, 3.05) is 33.4 Å². The summed E-state index contributed by atoms with van der Waals surface area (Å²) in [4.78, 5) is 2.18. The Kier molecular flexibility index (Phi) is 5.53. The number of aliphatic hydroxyl groups is 2. The standard InChI is InChI=1S/C16H27NO2/c1-15(2,14-8-6-5-7-9-14)10-17(4)11-16(3,12-18)13-19/h5-9,18-19H,10-13H2,1-4H3. The van der Waals surface area contributed by atoms with E-state index >= 15 is 0 Å². The van der Waals surface area contributed by atoms with Crippen LogP contribution in [0.1, 0.15) is 26.3 Å². The van der Waals surface area contributed by atoms with Gasteiger partial charge in [0.2, 0.25) is 0 Å². The number of benzene rings is 1. The summed E-state index contributed by atoms with van der Waals surface area (Å²) in [5.41, 5.74) is 0.903. The van der Waals surface area contributed by atoms with Crippen molar-refractivity contribution in [3.05, 3.63) is 35.9 Å². The third kappa shape index (κ3) is 4.60. The molecule has 108 valence electrons. The van der Waals surface area contributed by atoms with Crippen molar-refractivity contribution in [2.45, 2.75) is 26.2 Å². The fourth-order valence-electron chi connectivity index (χ4n) is 2.51. The Hall–Kier alpha value is -0.900. The van der Waals surface area contributed by atoms with Gasteiger partial charge in [-0.25, -0.2) is 0 Å². The minimum absolute atomic E-state index is 0.000391. The van der Waals surface area contributed by atoms with Crippen LogP contribution < -0.4 is 0 Å². The van der Waals surface area contributed by atoms with Crippen molar-refractivity contribution in [1.29, 1.82) is 0 Å². The van der Waals surface area contributed by atoms with Crippen LogP contribution in [-0.4, -0.2) is 48.5 Å². The van der Waals surface area contributed by atoms with Gasteiger partial charge in [-0.3, -0.25) is 0 Å².